The predicted molar refractivity (Wildman–Crippen MR) is 69.4 cm³/mol. The molecule has 0 saturated heterocycles. The highest BCUT2D eigenvalue weighted by Crippen LogP contribution is 2.06. The van der Waals surface area contributed by atoms with Crippen molar-refractivity contribution in [3.05, 3.63) is 18.3 Å². The SMILES string of the molecule is C[C@H](CNc1cccnn1)NC(=O)OC(C)(C)C. The Bertz CT molecular complexity index is 375. The van der Waals surface area contributed by atoms with Gasteiger partial charge in [0.1, 0.15) is 11.4 Å². The van der Waals surface area contributed by atoms with Crippen LogP contribution in [0.3, 0.4) is 0 Å². The molecule has 100 valence electrons. The van der Waals surface area contributed by atoms with E-state index in [4.69, 9.17) is 4.74 Å². The predicted octanol–water partition coefficient (Wildman–Crippen LogP) is 1.80. The second kappa shape index (κ2) is 6.18. The molecule has 1 aromatic rings. The molecular formula is C12H20N4O2. The van der Waals surface area contributed by atoms with E-state index in [0.717, 1.165) is 0 Å². The van der Waals surface area contributed by atoms with Crippen LogP contribution in [-0.2, 0) is 4.74 Å². The van der Waals surface area contributed by atoms with Crippen LogP contribution in [0.5, 0.6) is 0 Å². The Kier molecular flexibility index (Phi) is 4.88. The maximum atomic E-state index is 11.5. The number of anilines is 1. The first-order chi connectivity index (χ1) is 8.37. The van der Waals surface area contributed by atoms with Crippen molar-refractivity contribution < 1.29 is 9.53 Å². The number of carbonyl (C=O) groups is 1. The topological polar surface area (TPSA) is 76.1 Å². The van der Waals surface area contributed by atoms with E-state index >= 15 is 0 Å². The van der Waals surface area contributed by atoms with Gasteiger partial charge in [-0.2, -0.15) is 5.10 Å². The van der Waals surface area contributed by atoms with Crippen molar-refractivity contribution in [2.45, 2.75) is 39.3 Å². The first-order valence-corrected chi connectivity index (χ1v) is 5.88. The van der Waals surface area contributed by atoms with Crippen molar-refractivity contribution in [2.75, 3.05) is 11.9 Å². The molecule has 0 radical (unpaired) electrons. The van der Waals surface area contributed by atoms with Gasteiger partial charge in [0.05, 0.1) is 0 Å². The van der Waals surface area contributed by atoms with Gasteiger partial charge in [0, 0.05) is 18.8 Å². The summed E-state index contributed by atoms with van der Waals surface area (Å²) in [5.74, 6) is 0.676. The van der Waals surface area contributed by atoms with Crippen LogP contribution in [0.15, 0.2) is 18.3 Å². The third kappa shape index (κ3) is 6.03. The van der Waals surface area contributed by atoms with Gasteiger partial charge in [0.25, 0.3) is 0 Å². The number of hydrogen-bond acceptors (Lipinski definition) is 5. The normalized spacial score (nSPS) is 12.7. The van der Waals surface area contributed by atoms with Crippen LogP contribution in [0.4, 0.5) is 10.6 Å². The molecule has 1 atom stereocenters. The molecule has 6 heteroatoms. The molecule has 0 unspecified atom stereocenters. The second-order valence-electron chi connectivity index (χ2n) is 5.04. The summed E-state index contributed by atoms with van der Waals surface area (Å²) in [6.45, 7) is 7.92. The van der Waals surface area contributed by atoms with Gasteiger partial charge in [0.15, 0.2) is 0 Å². The molecule has 0 saturated carbocycles. The maximum Gasteiger partial charge on any atom is 0.407 e. The quantitative estimate of drug-likeness (QED) is 0.854. The minimum absolute atomic E-state index is 0.0677. The van der Waals surface area contributed by atoms with E-state index < -0.39 is 11.7 Å². The molecule has 1 aromatic heterocycles. The second-order valence-corrected chi connectivity index (χ2v) is 5.04. The summed E-state index contributed by atoms with van der Waals surface area (Å²) in [7, 11) is 0. The summed E-state index contributed by atoms with van der Waals surface area (Å²) < 4.78 is 5.15. The summed E-state index contributed by atoms with van der Waals surface area (Å²) in [6, 6.07) is 3.54. The Balaban J connectivity index is 2.29. The number of ether oxygens (including phenoxy) is 1. The zero-order valence-electron chi connectivity index (χ0n) is 11.2. The summed E-state index contributed by atoms with van der Waals surface area (Å²) in [4.78, 5) is 11.5. The molecular weight excluding hydrogens is 232 g/mol. The zero-order valence-corrected chi connectivity index (χ0v) is 11.2. The highest BCUT2D eigenvalue weighted by molar-refractivity contribution is 5.68. The van der Waals surface area contributed by atoms with Crippen molar-refractivity contribution >= 4 is 11.9 Å². The van der Waals surface area contributed by atoms with Crippen LogP contribution in [-0.4, -0.2) is 34.5 Å². The average Bonchev–Trinajstić information content (AvgIpc) is 2.25. The minimum Gasteiger partial charge on any atom is -0.444 e. The third-order valence-electron chi connectivity index (χ3n) is 1.92. The van der Waals surface area contributed by atoms with E-state index in [-0.39, 0.29) is 6.04 Å². The molecule has 1 heterocycles. The number of aromatic nitrogens is 2. The molecule has 0 bridgehead atoms. The fourth-order valence-electron chi connectivity index (χ4n) is 1.21. The van der Waals surface area contributed by atoms with E-state index in [1.807, 2.05) is 33.8 Å². The summed E-state index contributed by atoms with van der Waals surface area (Å²) in [5.41, 5.74) is -0.484. The Labute approximate surface area is 107 Å². The standard InChI is InChI=1S/C12H20N4O2/c1-9(15-11(17)18-12(2,3)4)8-13-10-6-5-7-14-16-10/h5-7,9H,8H2,1-4H3,(H,13,16)(H,15,17)/t9-/m1/s1. The summed E-state index contributed by atoms with van der Waals surface area (Å²) in [6.07, 6.45) is 1.18. The lowest BCUT2D eigenvalue weighted by Crippen LogP contribution is -2.40. The highest BCUT2D eigenvalue weighted by atomic mass is 16.6. The van der Waals surface area contributed by atoms with Gasteiger partial charge in [-0.05, 0) is 39.8 Å². The molecule has 0 aliphatic carbocycles. The third-order valence-corrected chi connectivity index (χ3v) is 1.92. The van der Waals surface area contributed by atoms with Gasteiger partial charge in [0.2, 0.25) is 0 Å². The lowest BCUT2D eigenvalue weighted by molar-refractivity contribution is 0.0511. The Morgan fingerprint density at radius 2 is 2.22 bits per heavy atom. The lowest BCUT2D eigenvalue weighted by atomic mass is 10.2. The average molecular weight is 252 g/mol. The molecule has 0 aliphatic rings. The van der Waals surface area contributed by atoms with Crippen LogP contribution < -0.4 is 10.6 Å². The molecule has 2 N–H and O–H groups in total. The first-order valence-electron chi connectivity index (χ1n) is 5.88. The maximum absolute atomic E-state index is 11.5. The van der Waals surface area contributed by atoms with Crippen LogP contribution in [0.1, 0.15) is 27.7 Å². The van der Waals surface area contributed by atoms with Gasteiger partial charge >= 0.3 is 6.09 Å². The smallest absolute Gasteiger partial charge is 0.407 e. The molecule has 6 nitrogen and oxygen atoms in total. The molecule has 0 fully saturated rings. The van der Waals surface area contributed by atoms with E-state index in [1.54, 1.807) is 12.3 Å². The Hall–Kier alpha value is -1.85. The molecule has 1 amide bonds. The number of rotatable bonds is 4. The number of alkyl carbamates (subject to hydrolysis) is 1. The molecule has 0 aromatic carbocycles. The monoisotopic (exact) mass is 252 g/mol. The molecule has 1 rings (SSSR count). The van der Waals surface area contributed by atoms with E-state index in [0.29, 0.717) is 12.4 Å². The van der Waals surface area contributed by atoms with Gasteiger partial charge in [-0.25, -0.2) is 4.79 Å². The van der Waals surface area contributed by atoms with Gasteiger partial charge < -0.3 is 15.4 Å². The molecule has 0 spiro atoms. The first kappa shape index (κ1) is 14.2. The number of nitrogens with zero attached hydrogens (tertiary/aromatic N) is 2. The van der Waals surface area contributed by atoms with Gasteiger partial charge in [-0.15, -0.1) is 5.10 Å². The van der Waals surface area contributed by atoms with Crippen molar-refractivity contribution in [1.82, 2.24) is 15.5 Å². The van der Waals surface area contributed by atoms with E-state index in [2.05, 4.69) is 20.8 Å². The number of carbonyl (C=O) groups excluding carboxylic acids is 1. The van der Waals surface area contributed by atoms with E-state index in [9.17, 15) is 4.79 Å². The van der Waals surface area contributed by atoms with Crippen molar-refractivity contribution in [1.29, 1.82) is 0 Å². The van der Waals surface area contributed by atoms with Crippen molar-refractivity contribution in [2.24, 2.45) is 0 Å². The van der Waals surface area contributed by atoms with Crippen molar-refractivity contribution in [3.63, 3.8) is 0 Å². The Morgan fingerprint density at radius 1 is 1.50 bits per heavy atom. The fourth-order valence-corrected chi connectivity index (χ4v) is 1.21. The highest BCUT2D eigenvalue weighted by Gasteiger charge is 2.17. The van der Waals surface area contributed by atoms with Crippen LogP contribution in [0.2, 0.25) is 0 Å². The summed E-state index contributed by atoms with van der Waals surface area (Å²) >= 11 is 0. The largest absolute Gasteiger partial charge is 0.444 e. The van der Waals surface area contributed by atoms with Gasteiger partial charge in [-0.3, -0.25) is 0 Å². The van der Waals surface area contributed by atoms with Crippen LogP contribution >= 0.6 is 0 Å². The van der Waals surface area contributed by atoms with Crippen LogP contribution in [0.25, 0.3) is 0 Å². The Morgan fingerprint density at radius 3 is 2.78 bits per heavy atom. The van der Waals surface area contributed by atoms with E-state index in [1.165, 1.54) is 0 Å². The van der Waals surface area contributed by atoms with Gasteiger partial charge in [-0.1, -0.05) is 0 Å². The number of hydrogen-bond donors (Lipinski definition) is 2. The minimum atomic E-state index is -0.484. The fraction of sp³-hybridized carbons (Fsp3) is 0.583. The molecule has 0 aliphatic heterocycles. The zero-order chi connectivity index (χ0) is 13.6. The van der Waals surface area contributed by atoms with Crippen LogP contribution in [0, 0.1) is 0 Å². The molecule has 18 heavy (non-hydrogen) atoms. The number of nitrogens with one attached hydrogen (secondary N) is 2. The lowest BCUT2D eigenvalue weighted by Gasteiger charge is -2.22. The number of amides is 1. The summed E-state index contributed by atoms with van der Waals surface area (Å²) in [5, 5.41) is 13.4. The van der Waals surface area contributed by atoms with Crippen molar-refractivity contribution in [3.8, 4) is 0 Å².